The molecule has 0 bridgehead atoms. The summed E-state index contributed by atoms with van der Waals surface area (Å²) in [4.78, 5) is 18.9. The van der Waals surface area contributed by atoms with Crippen LogP contribution in [0.4, 0.5) is 11.4 Å². The Balaban J connectivity index is 1.48. The summed E-state index contributed by atoms with van der Waals surface area (Å²) in [5, 5.41) is 4.04. The zero-order valence-corrected chi connectivity index (χ0v) is 17.2. The van der Waals surface area contributed by atoms with E-state index in [0.29, 0.717) is 15.9 Å². The number of amides is 1. The second-order valence-corrected chi connectivity index (χ2v) is 10.2. The molecule has 2 heterocycles. The molecule has 28 heavy (non-hydrogen) atoms. The van der Waals surface area contributed by atoms with Crippen LogP contribution in [-0.4, -0.2) is 48.8 Å². The molecule has 2 aliphatic rings. The van der Waals surface area contributed by atoms with Gasteiger partial charge in [0.05, 0.1) is 29.3 Å². The van der Waals surface area contributed by atoms with Gasteiger partial charge in [-0.05, 0) is 30.3 Å². The Kier molecular flexibility index (Phi) is 5.35. The molecule has 0 aromatic heterocycles. The third-order valence-electron chi connectivity index (χ3n) is 4.58. The SMILES string of the molecule is O=C(CSC1=N[C@H]2CS(=O)(=O)C[C@@H]2N1c1ccccc1)Nc1cccc(Cl)c1. The molecule has 146 valence electrons. The largest absolute Gasteiger partial charge is 0.325 e. The first-order valence-corrected chi connectivity index (χ1v) is 11.9. The van der Waals surface area contributed by atoms with Crippen molar-refractivity contribution in [3.05, 3.63) is 59.6 Å². The number of thioether (sulfide) groups is 1. The lowest BCUT2D eigenvalue weighted by atomic mass is 10.1. The number of carbonyl (C=O) groups excluding carboxylic acids is 1. The highest BCUT2D eigenvalue weighted by Crippen LogP contribution is 2.35. The molecule has 0 aliphatic carbocycles. The molecular formula is C19H18ClN3O3S2. The summed E-state index contributed by atoms with van der Waals surface area (Å²) in [7, 11) is -3.10. The fraction of sp³-hybridized carbons (Fsp3) is 0.263. The molecule has 1 saturated heterocycles. The molecule has 0 saturated carbocycles. The summed E-state index contributed by atoms with van der Waals surface area (Å²) in [6, 6.07) is 16.0. The zero-order chi connectivity index (χ0) is 19.7. The highest BCUT2D eigenvalue weighted by Gasteiger charge is 2.47. The third-order valence-corrected chi connectivity index (χ3v) is 7.48. The van der Waals surface area contributed by atoms with E-state index < -0.39 is 9.84 Å². The molecule has 1 amide bonds. The molecule has 6 nitrogen and oxygen atoms in total. The number of benzene rings is 2. The second kappa shape index (κ2) is 7.77. The lowest BCUT2D eigenvalue weighted by Crippen LogP contribution is -2.39. The van der Waals surface area contributed by atoms with E-state index in [1.807, 2.05) is 35.2 Å². The van der Waals surface area contributed by atoms with Crippen LogP contribution in [0, 0.1) is 0 Å². The fourth-order valence-corrected chi connectivity index (χ4v) is 6.37. The number of nitrogens with one attached hydrogen (secondary N) is 1. The van der Waals surface area contributed by atoms with Crippen molar-refractivity contribution >= 4 is 55.6 Å². The highest BCUT2D eigenvalue weighted by molar-refractivity contribution is 8.14. The van der Waals surface area contributed by atoms with Crippen molar-refractivity contribution in [2.45, 2.75) is 12.1 Å². The van der Waals surface area contributed by atoms with Gasteiger partial charge in [-0.1, -0.05) is 47.6 Å². The summed E-state index contributed by atoms with van der Waals surface area (Å²) in [6.45, 7) is 0. The van der Waals surface area contributed by atoms with Gasteiger partial charge >= 0.3 is 0 Å². The Morgan fingerprint density at radius 3 is 2.71 bits per heavy atom. The molecule has 4 rings (SSSR count). The van der Waals surface area contributed by atoms with Crippen LogP contribution in [0.15, 0.2) is 59.6 Å². The first-order chi connectivity index (χ1) is 13.4. The van der Waals surface area contributed by atoms with Gasteiger partial charge in [0.25, 0.3) is 0 Å². The zero-order valence-electron chi connectivity index (χ0n) is 14.8. The number of carbonyl (C=O) groups is 1. The lowest BCUT2D eigenvalue weighted by molar-refractivity contribution is -0.113. The van der Waals surface area contributed by atoms with E-state index in [2.05, 4.69) is 10.3 Å². The smallest absolute Gasteiger partial charge is 0.234 e. The Morgan fingerprint density at radius 1 is 1.18 bits per heavy atom. The summed E-state index contributed by atoms with van der Waals surface area (Å²) >= 11 is 7.25. The second-order valence-electron chi connectivity index (χ2n) is 6.68. The van der Waals surface area contributed by atoms with Gasteiger partial charge < -0.3 is 10.2 Å². The number of anilines is 2. The summed E-state index contributed by atoms with van der Waals surface area (Å²) in [5.41, 5.74) is 1.52. The minimum atomic E-state index is -3.10. The molecule has 0 radical (unpaired) electrons. The van der Waals surface area contributed by atoms with Crippen LogP contribution in [0.25, 0.3) is 0 Å². The third kappa shape index (κ3) is 4.19. The van der Waals surface area contributed by atoms with Gasteiger partial charge in [-0.25, -0.2) is 8.42 Å². The van der Waals surface area contributed by atoms with Gasteiger partial charge in [-0.3, -0.25) is 9.79 Å². The van der Waals surface area contributed by atoms with Crippen molar-refractivity contribution in [1.82, 2.24) is 0 Å². The maximum absolute atomic E-state index is 12.3. The molecule has 2 atom stereocenters. The molecular weight excluding hydrogens is 418 g/mol. The van der Waals surface area contributed by atoms with Crippen molar-refractivity contribution in [2.75, 3.05) is 27.5 Å². The van der Waals surface area contributed by atoms with Gasteiger partial charge in [0.15, 0.2) is 15.0 Å². The van der Waals surface area contributed by atoms with Gasteiger partial charge in [0.1, 0.15) is 0 Å². The predicted molar refractivity (Wildman–Crippen MR) is 115 cm³/mol. The average Bonchev–Trinajstić information content (AvgIpc) is 3.11. The monoisotopic (exact) mass is 435 g/mol. The molecule has 9 heteroatoms. The van der Waals surface area contributed by atoms with Crippen molar-refractivity contribution in [1.29, 1.82) is 0 Å². The average molecular weight is 436 g/mol. The Labute approximate surface area is 172 Å². The van der Waals surface area contributed by atoms with Crippen LogP contribution in [0.1, 0.15) is 0 Å². The number of sulfone groups is 1. The van der Waals surface area contributed by atoms with E-state index in [9.17, 15) is 13.2 Å². The first-order valence-electron chi connectivity index (χ1n) is 8.72. The number of nitrogens with zero attached hydrogens (tertiary/aromatic N) is 2. The summed E-state index contributed by atoms with van der Waals surface area (Å²) < 4.78 is 24.1. The number of aliphatic imine (C=N–C) groups is 1. The van der Waals surface area contributed by atoms with Crippen LogP contribution in [-0.2, 0) is 14.6 Å². The number of halogens is 1. The van der Waals surface area contributed by atoms with E-state index in [0.717, 1.165) is 5.69 Å². The van der Waals surface area contributed by atoms with Crippen LogP contribution in [0.5, 0.6) is 0 Å². The predicted octanol–water partition coefficient (Wildman–Crippen LogP) is 3.05. The highest BCUT2D eigenvalue weighted by atomic mass is 35.5. The molecule has 1 N–H and O–H groups in total. The topological polar surface area (TPSA) is 78.8 Å². The molecule has 2 aliphatic heterocycles. The normalized spacial score (nSPS) is 22.6. The number of amidine groups is 1. The van der Waals surface area contributed by atoms with Crippen LogP contribution < -0.4 is 10.2 Å². The minimum absolute atomic E-state index is 0.0553. The van der Waals surface area contributed by atoms with Crippen molar-refractivity contribution in [3.63, 3.8) is 0 Å². The first kappa shape index (κ1) is 19.3. The minimum Gasteiger partial charge on any atom is -0.325 e. The number of hydrogen-bond donors (Lipinski definition) is 1. The van der Waals surface area contributed by atoms with E-state index in [4.69, 9.17) is 11.6 Å². The molecule has 2 aromatic carbocycles. The maximum atomic E-state index is 12.3. The van der Waals surface area contributed by atoms with Crippen LogP contribution >= 0.6 is 23.4 Å². The van der Waals surface area contributed by atoms with Crippen molar-refractivity contribution < 1.29 is 13.2 Å². The van der Waals surface area contributed by atoms with E-state index in [-0.39, 0.29) is 35.2 Å². The van der Waals surface area contributed by atoms with Crippen LogP contribution in [0.3, 0.4) is 0 Å². The van der Waals surface area contributed by atoms with E-state index >= 15 is 0 Å². The number of rotatable bonds is 4. The lowest BCUT2D eigenvalue weighted by Gasteiger charge is -2.26. The quantitative estimate of drug-likeness (QED) is 0.798. The Bertz CT molecular complexity index is 1030. The Hall–Kier alpha value is -2.03. The molecule has 1 fully saturated rings. The molecule has 2 aromatic rings. The Morgan fingerprint density at radius 2 is 1.96 bits per heavy atom. The van der Waals surface area contributed by atoms with Crippen LogP contribution in [0.2, 0.25) is 5.02 Å². The summed E-state index contributed by atoms with van der Waals surface area (Å²) in [6.07, 6.45) is 0. The molecule has 0 spiro atoms. The van der Waals surface area contributed by atoms with Gasteiger partial charge in [0.2, 0.25) is 5.91 Å². The maximum Gasteiger partial charge on any atom is 0.234 e. The van der Waals surface area contributed by atoms with Crippen molar-refractivity contribution in [2.24, 2.45) is 4.99 Å². The van der Waals surface area contributed by atoms with E-state index in [1.54, 1.807) is 24.3 Å². The van der Waals surface area contributed by atoms with Gasteiger partial charge in [-0.2, -0.15) is 0 Å². The summed E-state index contributed by atoms with van der Waals surface area (Å²) in [5.74, 6) is 0.128. The standard InChI is InChI=1S/C19H18ClN3O3S2/c20-13-5-4-6-14(9-13)21-18(24)10-27-19-22-16-11-28(25,26)12-17(16)23(19)15-7-2-1-3-8-15/h1-9,16-17H,10-12H2,(H,21,24)/t16-,17-/m0/s1. The number of para-hydroxylation sites is 1. The number of fused-ring (bicyclic) bond motifs is 1. The van der Waals surface area contributed by atoms with Gasteiger partial charge in [-0.15, -0.1) is 0 Å². The molecule has 0 unspecified atom stereocenters. The number of hydrogen-bond acceptors (Lipinski definition) is 6. The van der Waals surface area contributed by atoms with Gasteiger partial charge in [0, 0.05) is 16.4 Å². The van der Waals surface area contributed by atoms with E-state index in [1.165, 1.54) is 11.8 Å². The van der Waals surface area contributed by atoms with Crippen molar-refractivity contribution in [3.8, 4) is 0 Å². The fourth-order valence-electron chi connectivity index (χ4n) is 3.42.